The lowest BCUT2D eigenvalue weighted by Gasteiger charge is -2.26. The minimum Gasteiger partial charge on any atom is -0.507 e. The highest BCUT2D eigenvalue weighted by atomic mass is 79.9. The molecule has 1 saturated heterocycles. The molecule has 1 atom stereocenters. The molecule has 0 radical (unpaired) electrons. The number of hydrogen-bond donors (Lipinski definition) is 1. The van der Waals surface area contributed by atoms with Crippen LogP contribution in [0, 0.1) is 6.92 Å². The SMILES string of the molecule is Cc1cc(/C(O)=C2/C(=O)C(=O)N(c3ccc(N(C)C)cc3)C2c2cccc(OC(C)C)c2)ccc1Br. The first-order valence-corrected chi connectivity index (χ1v) is 12.5. The summed E-state index contributed by atoms with van der Waals surface area (Å²) in [6.07, 6.45) is -0.0454. The van der Waals surface area contributed by atoms with Crippen molar-refractivity contribution in [1.82, 2.24) is 0 Å². The molecule has 3 aromatic rings. The van der Waals surface area contributed by atoms with Crippen LogP contribution in [0.3, 0.4) is 0 Å². The van der Waals surface area contributed by atoms with Crippen molar-refractivity contribution in [2.75, 3.05) is 23.9 Å². The first-order chi connectivity index (χ1) is 17.1. The highest BCUT2D eigenvalue weighted by molar-refractivity contribution is 9.10. The van der Waals surface area contributed by atoms with E-state index in [-0.39, 0.29) is 17.4 Å². The third-order valence-corrected chi connectivity index (χ3v) is 6.96. The fourth-order valence-corrected chi connectivity index (χ4v) is 4.55. The Morgan fingerprint density at radius 3 is 2.33 bits per heavy atom. The Hall–Kier alpha value is -3.58. The van der Waals surface area contributed by atoms with Gasteiger partial charge in [-0.25, -0.2) is 0 Å². The molecule has 1 amide bonds. The van der Waals surface area contributed by atoms with Crippen LogP contribution in [-0.4, -0.2) is 37.0 Å². The first-order valence-electron chi connectivity index (χ1n) is 11.7. The van der Waals surface area contributed by atoms with Gasteiger partial charge in [0.05, 0.1) is 17.7 Å². The highest BCUT2D eigenvalue weighted by Gasteiger charge is 2.47. The zero-order chi connectivity index (χ0) is 26.1. The highest BCUT2D eigenvalue weighted by Crippen LogP contribution is 2.43. The van der Waals surface area contributed by atoms with Crippen LogP contribution in [-0.2, 0) is 9.59 Å². The molecule has 0 aliphatic carbocycles. The van der Waals surface area contributed by atoms with Crippen molar-refractivity contribution in [3.63, 3.8) is 0 Å². The van der Waals surface area contributed by atoms with E-state index in [1.54, 1.807) is 12.1 Å². The fourth-order valence-electron chi connectivity index (χ4n) is 4.30. The Balaban J connectivity index is 1.92. The maximum atomic E-state index is 13.4. The normalized spacial score (nSPS) is 17.1. The maximum Gasteiger partial charge on any atom is 0.300 e. The summed E-state index contributed by atoms with van der Waals surface area (Å²) in [7, 11) is 3.86. The molecule has 0 aromatic heterocycles. The number of amides is 1. The van der Waals surface area contributed by atoms with Crippen molar-refractivity contribution in [2.45, 2.75) is 32.9 Å². The van der Waals surface area contributed by atoms with E-state index in [1.807, 2.05) is 94.4 Å². The van der Waals surface area contributed by atoms with E-state index in [9.17, 15) is 14.7 Å². The second-order valence-corrected chi connectivity index (χ2v) is 10.1. The number of halogens is 1. The molecule has 1 aliphatic heterocycles. The van der Waals surface area contributed by atoms with Crippen molar-refractivity contribution in [1.29, 1.82) is 0 Å². The predicted molar refractivity (Wildman–Crippen MR) is 147 cm³/mol. The number of carbonyl (C=O) groups is 2. The molecule has 7 heteroatoms. The van der Waals surface area contributed by atoms with E-state index in [0.29, 0.717) is 22.6 Å². The van der Waals surface area contributed by atoms with Crippen molar-refractivity contribution >= 4 is 44.8 Å². The minimum absolute atomic E-state index is 0.0418. The standard InChI is InChI=1S/C29H29BrN2O4/c1-17(2)36-23-8-6-7-19(16-23)26-25(27(33)20-9-14-24(30)18(3)15-20)28(34)29(35)32(26)22-12-10-21(11-13-22)31(4)5/h6-17,26,33H,1-5H3/b27-25-. The Morgan fingerprint density at radius 1 is 1.03 bits per heavy atom. The van der Waals surface area contributed by atoms with Crippen molar-refractivity contribution in [2.24, 2.45) is 0 Å². The summed E-state index contributed by atoms with van der Waals surface area (Å²) in [5.41, 5.74) is 3.60. The average Bonchev–Trinajstić information content (AvgIpc) is 3.10. The van der Waals surface area contributed by atoms with Gasteiger partial charge in [-0.1, -0.05) is 34.1 Å². The monoisotopic (exact) mass is 548 g/mol. The number of anilines is 2. The molecule has 4 rings (SSSR count). The molecule has 36 heavy (non-hydrogen) atoms. The van der Waals surface area contributed by atoms with Crippen LogP contribution in [0.2, 0.25) is 0 Å². The number of ketones is 1. The molecule has 3 aromatic carbocycles. The number of ether oxygens (including phenoxy) is 1. The quantitative estimate of drug-likeness (QED) is 0.224. The van der Waals surface area contributed by atoms with Crippen molar-refractivity contribution in [3.8, 4) is 5.75 Å². The number of hydrogen-bond acceptors (Lipinski definition) is 5. The Labute approximate surface area is 219 Å². The number of aryl methyl sites for hydroxylation is 1. The van der Waals surface area contributed by atoms with Gasteiger partial charge in [0.25, 0.3) is 11.7 Å². The lowest BCUT2D eigenvalue weighted by Crippen LogP contribution is -2.29. The minimum atomic E-state index is -0.824. The number of Topliss-reactive ketones (excluding diaryl/α,β-unsaturated/α-hetero) is 1. The van der Waals surface area contributed by atoms with Gasteiger partial charge < -0.3 is 14.7 Å². The molecule has 1 fully saturated rings. The van der Waals surface area contributed by atoms with E-state index in [1.165, 1.54) is 4.90 Å². The van der Waals surface area contributed by atoms with Gasteiger partial charge in [0, 0.05) is 35.5 Å². The van der Waals surface area contributed by atoms with Crippen LogP contribution < -0.4 is 14.5 Å². The summed E-state index contributed by atoms with van der Waals surface area (Å²) in [5.74, 6) is -1.01. The average molecular weight is 549 g/mol. The van der Waals surface area contributed by atoms with Crippen LogP contribution >= 0.6 is 15.9 Å². The molecular weight excluding hydrogens is 520 g/mol. The van der Waals surface area contributed by atoms with Gasteiger partial charge in [-0.3, -0.25) is 14.5 Å². The Kier molecular flexibility index (Phi) is 7.22. The summed E-state index contributed by atoms with van der Waals surface area (Å²) in [4.78, 5) is 30.2. The van der Waals surface area contributed by atoms with E-state index in [4.69, 9.17) is 4.74 Å². The third-order valence-electron chi connectivity index (χ3n) is 6.07. The topological polar surface area (TPSA) is 70.1 Å². The molecule has 186 valence electrons. The van der Waals surface area contributed by atoms with Crippen molar-refractivity contribution in [3.05, 3.63) is 93.5 Å². The number of carbonyl (C=O) groups excluding carboxylic acids is 2. The number of rotatable bonds is 6. The second-order valence-electron chi connectivity index (χ2n) is 9.28. The predicted octanol–water partition coefficient (Wildman–Crippen LogP) is 6.24. The van der Waals surface area contributed by atoms with Crippen LogP contribution in [0.4, 0.5) is 11.4 Å². The third kappa shape index (κ3) is 4.88. The molecule has 0 spiro atoms. The van der Waals surface area contributed by atoms with Gasteiger partial charge in [-0.2, -0.15) is 0 Å². The summed E-state index contributed by atoms with van der Waals surface area (Å²) in [6, 6.07) is 19.2. The van der Waals surface area contributed by atoms with Crippen LogP contribution in [0.15, 0.2) is 76.8 Å². The van der Waals surface area contributed by atoms with Crippen LogP contribution in [0.25, 0.3) is 5.76 Å². The molecule has 0 bridgehead atoms. The summed E-state index contributed by atoms with van der Waals surface area (Å²) >= 11 is 3.47. The van der Waals surface area contributed by atoms with Gasteiger partial charge >= 0.3 is 0 Å². The first kappa shape index (κ1) is 25.5. The fraction of sp³-hybridized carbons (Fsp3) is 0.241. The molecule has 1 N–H and O–H groups in total. The molecular formula is C29H29BrN2O4. The van der Waals surface area contributed by atoms with E-state index in [2.05, 4.69) is 15.9 Å². The zero-order valence-electron chi connectivity index (χ0n) is 20.9. The Morgan fingerprint density at radius 2 is 1.72 bits per heavy atom. The smallest absolute Gasteiger partial charge is 0.300 e. The zero-order valence-corrected chi connectivity index (χ0v) is 22.5. The van der Waals surface area contributed by atoms with Gasteiger partial charge in [0.2, 0.25) is 0 Å². The number of nitrogens with zero attached hydrogens (tertiary/aromatic N) is 2. The van der Waals surface area contributed by atoms with Gasteiger partial charge in [-0.15, -0.1) is 0 Å². The van der Waals surface area contributed by atoms with E-state index < -0.39 is 17.7 Å². The molecule has 1 unspecified atom stereocenters. The lowest BCUT2D eigenvalue weighted by atomic mass is 9.94. The second kappa shape index (κ2) is 10.2. The molecule has 6 nitrogen and oxygen atoms in total. The van der Waals surface area contributed by atoms with Gasteiger partial charge in [0.15, 0.2) is 0 Å². The van der Waals surface area contributed by atoms with Gasteiger partial charge in [-0.05, 0) is 80.4 Å². The molecule has 0 saturated carbocycles. The summed E-state index contributed by atoms with van der Waals surface area (Å²) < 4.78 is 6.77. The van der Waals surface area contributed by atoms with E-state index in [0.717, 1.165) is 15.7 Å². The largest absolute Gasteiger partial charge is 0.507 e. The number of benzene rings is 3. The van der Waals surface area contributed by atoms with Crippen molar-refractivity contribution < 1.29 is 19.4 Å². The lowest BCUT2D eigenvalue weighted by molar-refractivity contribution is -0.132. The summed E-state index contributed by atoms with van der Waals surface area (Å²) in [6.45, 7) is 5.76. The Bertz CT molecular complexity index is 1350. The number of aliphatic hydroxyl groups is 1. The van der Waals surface area contributed by atoms with Crippen LogP contribution in [0.5, 0.6) is 5.75 Å². The number of aliphatic hydroxyl groups excluding tert-OH is 1. The maximum absolute atomic E-state index is 13.4. The molecule has 1 heterocycles. The van der Waals surface area contributed by atoms with Gasteiger partial charge in [0.1, 0.15) is 11.5 Å². The van der Waals surface area contributed by atoms with E-state index >= 15 is 0 Å². The van der Waals surface area contributed by atoms with Crippen LogP contribution in [0.1, 0.15) is 36.6 Å². The molecule has 1 aliphatic rings. The summed E-state index contributed by atoms with van der Waals surface area (Å²) in [5, 5.41) is 11.4.